The van der Waals surface area contributed by atoms with Crippen LogP contribution in [0.3, 0.4) is 0 Å². The van der Waals surface area contributed by atoms with Crippen molar-refractivity contribution in [2.24, 2.45) is 4.99 Å². The van der Waals surface area contributed by atoms with Gasteiger partial charge in [0.1, 0.15) is 0 Å². The zero-order valence-electron chi connectivity index (χ0n) is 13.4. The summed E-state index contributed by atoms with van der Waals surface area (Å²) in [6.07, 6.45) is 5.10. The molecule has 2 heterocycles. The fraction of sp³-hybridized carbons (Fsp3) is 0.111. The van der Waals surface area contributed by atoms with Gasteiger partial charge in [-0.25, -0.2) is 9.79 Å². The zero-order chi connectivity index (χ0) is 17.8. The highest BCUT2D eigenvalue weighted by atomic mass is 32.2. The topological polar surface area (TPSA) is 82.9 Å². The Morgan fingerprint density at radius 3 is 2.80 bits per heavy atom. The van der Waals surface area contributed by atoms with Crippen molar-refractivity contribution in [2.45, 2.75) is 6.92 Å². The molecule has 1 amide bonds. The third-order valence-electron chi connectivity index (χ3n) is 3.54. The fourth-order valence-electron chi connectivity index (χ4n) is 2.34. The van der Waals surface area contributed by atoms with Crippen molar-refractivity contribution in [3.8, 4) is 0 Å². The number of para-hydroxylation sites is 1. The number of hydrogen-bond donors (Lipinski definition) is 1. The minimum Gasteiger partial charge on any atom is -0.478 e. The van der Waals surface area contributed by atoms with Crippen LogP contribution < -0.4 is 0 Å². The lowest BCUT2D eigenvalue weighted by Crippen LogP contribution is -2.28. The highest BCUT2D eigenvalue weighted by Gasteiger charge is 2.32. The third-order valence-corrected chi connectivity index (χ3v) is 4.54. The van der Waals surface area contributed by atoms with Crippen LogP contribution in [0.25, 0.3) is 6.08 Å². The molecular formula is C18H15N3O3S. The number of pyridine rings is 1. The Morgan fingerprint density at radius 2 is 2.12 bits per heavy atom. The molecule has 126 valence electrons. The molecule has 1 N–H and O–H groups in total. The maximum absolute atomic E-state index is 12.6. The Kier molecular flexibility index (Phi) is 4.95. The summed E-state index contributed by atoms with van der Waals surface area (Å²) in [5.74, 6) is -1.20. The molecule has 0 bridgehead atoms. The van der Waals surface area contributed by atoms with Gasteiger partial charge in [-0.3, -0.25) is 14.7 Å². The van der Waals surface area contributed by atoms with Crippen LogP contribution in [-0.2, 0) is 4.79 Å². The van der Waals surface area contributed by atoms with Gasteiger partial charge < -0.3 is 5.11 Å². The molecule has 1 aliphatic rings. The first-order chi connectivity index (χ1) is 12.1. The first-order valence-corrected chi connectivity index (χ1v) is 8.44. The van der Waals surface area contributed by atoms with E-state index in [1.165, 1.54) is 22.7 Å². The van der Waals surface area contributed by atoms with E-state index in [0.29, 0.717) is 22.3 Å². The number of carbonyl (C=O) groups excluding carboxylic acids is 1. The van der Waals surface area contributed by atoms with E-state index >= 15 is 0 Å². The number of amidine groups is 1. The maximum atomic E-state index is 12.6. The van der Waals surface area contributed by atoms with E-state index in [2.05, 4.69) is 9.98 Å². The van der Waals surface area contributed by atoms with Crippen molar-refractivity contribution in [1.82, 2.24) is 9.88 Å². The number of aromatic nitrogens is 1. The molecule has 3 rings (SSSR count). The second kappa shape index (κ2) is 7.31. The average molecular weight is 353 g/mol. The van der Waals surface area contributed by atoms with E-state index < -0.39 is 5.97 Å². The van der Waals surface area contributed by atoms with Gasteiger partial charge in [0, 0.05) is 18.9 Å². The van der Waals surface area contributed by atoms with E-state index in [1.54, 1.807) is 42.7 Å². The molecule has 2 aromatic rings. The predicted molar refractivity (Wildman–Crippen MR) is 97.7 cm³/mol. The molecule has 1 aromatic heterocycles. The largest absolute Gasteiger partial charge is 0.478 e. The van der Waals surface area contributed by atoms with Gasteiger partial charge in [0.2, 0.25) is 0 Å². The molecule has 0 saturated carbocycles. The van der Waals surface area contributed by atoms with Crippen LogP contribution in [0.15, 0.2) is 58.7 Å². The van der Waals surface area contributed by atoms with E-state index in [0.717, 1.165) is 5.56 Å². The maximum Gasteiger partial charge on any atom is 0.337 e. The normalized spacial score (nSPS) is 17.5. The zero-order valence-corrected chi connectivity index (χ0v) is 14.2. The predicted octanol–water partition coefficient (Wildman–Crippen LogP) is 3.40. The summed E-state index contributed by atoms with van der Waals surface area (Å²) in [6, 6.07) is 10.1. The van der Waals surface area contributed by atoms with Crippen LogP contribution in [-0.4, -0.2) is 38.6 Å². The summed E-state index contributed by atoms with van der Waals surface area (Å²) in [7, 11) is 0. The van der Waals surface area contributed by atoms with Gasteiger partial charge in [-0.15, -0.1) is 0 Å². The second-order valence-electron chi connectivity index (χ2n) is 5.16. The van der Waals surface area contributed by atoms with Crippen LogP contribution in [0.2, 0.25) is 0 Å². The van der Waals surface area contributed by atoms with Crippen LogP contribution in [0, 0.1) is 0 Å². The second-order valence-corrected chi connectivity index (χ2v) is 6.17. The molecule has 7 heteroatoms. The van der Waals surface area contributed by atoms with Gasteiger partial charge in [-0.2, -0.15) is 0 Å². The Bertz CT molecular complexity index is 878. The molecular weight excluding hydrogens is 338 g/mol. The van der Waals surface area contributed by atoms with Crippen molar-refractivity contribution in [2.75, 3.05) is 6.54 Å². The van der Waals surface area contributed by atoms with Crippen molar-refractivity contribution in [3.05, 3.63) is 64.8 Å². The number of aromatic carboxylic acids is 1. The van der Waals surface area contributed by atoms with Gasteiger partial charge in [-0.1, -0.05) is 18.2 Å². The lowest BCUT2D eigenvalue weighted by Gasteiger charge is -2.12. The van der Waals surface area contributed by atoms with Gasteiger partial charge >= 0.3 is 5.97 Å². The highest BCUT2D eigenvalue weighted by molar-refractivity contribution is 8.18. The third kappa shape index (κ3) is 3.61. The number of carbonyl (C=O) groups is 2. The number of amides is 1. The van der Waals surface area contributed by atoms with Crippen molar-refractivity contribution >= 4 is 40.6 Å². The molecule has 1 aromatic carbocycles. The summed E-state index contributed by atoms with van der Waals surface area (Å²) < 4.78 is 0. The Morgan fingerprint density at radius 1 is 1.32 bits per heavy atom. The standard InChI is InChI=1S/C18H15N3O3S/c1-2-21-16(22)15(10-12-6-5-9-19-11-12)25-18(21)20-14-8-4-3-7-13(14)17(23)24/h3-11H,2H2,1H3,(H,23,24)/b15-10-,20-18?. The molecule has 0 atom stereocenters. The number of likely N-dealkylation sites (N-methyl/N-ethyl adjacent to an activating group) is 1. The molecule has 0 radical (unpaired) electrons. The van der Waals surface area contributed by atoms with Crippen LogP contribution >= 0.6 is 11.8 Å². The number of carboxylic acids is 1. The van der Waals surface area contributed by atoms with Crippen molar-refractivity contribution in [1.29, 1.82) is 0 Å². The quantitative estimate of drug-likeness (QED) is 0.852. The van der Waals surface area contributed by atoms with Crippen LogP contribution in [0.5, 0.6) is 0 Å². The molecule has 1 fully saturated rings. The number of benzene rings is 1. The first kappa shape index (κ1) is 16.9. The SMILES string of the molecule is CCN1C(=O)/C(=C/c2cccnc2)SC1=Nc1ccccc1C(=O)O. The lowest BCUT2D eigenvalue weighted by atomic mass is 10.2. The van der Waals surface area contributed by atoms with Crippen molar-refractivity contribution in [3.63, 3.8) is 0 Å². The first-order valence-electron chi connectivity index (χ1n) is 7.62. The number of carboxylic acid groups (broad SMARTS) is 1. The molecule has 0 spiro atoms. The highest BCUT2D eigenvalue weighted by Crippen LogP contribution is 2.34. The monoisotopic (exact) mass is 353 g/mol. The number of hydrogen-bond acceptors (Lipinski definition) is 5. The van der Waals surface area contributed by atoms with Gasteiger partial charge in [0.15, 0.2) is 5.17 Å². The summed E-state index contributed by atoms with van der Waals surface area (Å²) in [4.78, 5) is 34.4. The fourth-order valence-corrected chi connectivity index (χ4v) is 3.39. The van der Waals surface area contributed by atoms with Crippen LogP contribution in [0.4, 0.5) is 5.69 Å². The van der Waals surface area contributed by atoms with Gasteiger partial charge in [0.05, 0.1) is 16.2 Å². The number of thioether (sulfide) groups is 1. The molecule has 0 unspecified atom stereocenters. The van der Waals surface area contributed by atoms with Gasteiger partial charge in [0.25, 0.3) is 5.91 Å². The summed E-state index contributed by atoms with van der Waals surface area (Å²) in [5, 5.41) is 9.76. The summed E-state index contributed by atoms with van der Waals surface area (Å²) in [5.41, 5.74) is 1.25. The number of rotatable bonds is 4. The van der Waals surface area contributed by atoms with E-state index in [4.69, 9.17) is 0 Å². The summed E-state index contributed by atoms with van der Waals surface area (Å²) >= 11 is 1.23. The molecule has 6 nitrogen and oxygen atoms in total. The Labute approximate surface area is 148 Å². The minimum absolute atomic E-state index is 0.101. The number of aliphatic imine (C=N–C) groups is 1. The smallest absolute Gasteiger partial charge is 0.337 e. The number of nitrogens with zero attached hydrogens (tertiary/aromatic N) is 3. The van der Waals surface area contributed by atoms with Crippen LogP contribution in [0.1, 0.15) is 22.8 Å². The molecule has 1 aliphatic heterocycles. The van der Waals surface area contributed by atoms with Crippen molar-refractivity contribution < 1.29 is 14.7 Å². The molecule has 25 heavy (non-hydrogen) atoms. The molecule has 1 saturated heterocycles. The van der Waals surface area contributed by atoms with E-state index in [1.807, 2.05) is 13.0 Å². The Hall–Kier alpha value is -2.93. The average Bonchev–Trinajstić information content (AvgIpc) is 2.90. The Balaban J connectivity index is 1.99. The summed E-state index contributed by atoms with van der Waals surface area (Å²) in [6.45, 7) is 2.30. The van der Waals surface area contributed by atoms with E-state index in [9.17, 15) is 14.7 Å². The van der Waals surface area contributed by atoms with Gasteiger partial charge in [-0.05, 0) is 48.5 Å². The lowest BCUT2D eigenvalue weighted by molar-refractivity contribution is -0.122. The molecule has 0 aliphatic carbocycles. The minimum atomic E-state index is -1.05. The van der Waals surface area contributed by atoms with E-state index in [-0.39, 0.29) is 11.5 Å².